The minimum Gasteiger partial charge on any atom is -0.370 e. The van der Waals surface area contributed by atoms with Crippen molar-refractivity contribution in [2.75, 3.05) is 18.4 Å². The molecule has 10 nitrogen and oxygen atoms in total. The molecule has 0 spiro atoms. The number of nitrogens with zero attached hydrogens (tertiary/aromatic N) is 4. The van der Waals surface area contributed by atoms with Crippen LogP contribution in [0.25, 0.3) is 0 Å². The Labute approximate surface area is 152 Å². The molecule has 1 aromatic heterocycles. The van der Waals surface area contributed by atoms with Gasteiger partial charge < -0.3 is 16.8 Å². The van der Waals surface area contributed by atoms with Crippen LogP contribution >= 0.6 is 15.9 Å². The van der Waals surface area contributed by atoms with Crippen molar-refractivity contribution in [1.82, 2.24) is 15.8 Å². The van der Waals surface area contributed by atoms with Crippen LogP contribution in [0, 0.1) is 6.92 Å². The van der Waals surface area contributed by atoms with Crippen LogP contribution < -0.4 is 22.3 Å². The van der Waals surface area contributed by atoms with Gasteiger partial charge in [-0.25, -0.2) is 9.62 Å². The van der Waals surface area contributed by atoms with E-state index in [1.807, 2.05) is 30.6 Å². The van der Waals surface area contributed by atoms with Gasteiger partial charge in [-0.05, 0) is 41.4 Å². The molecule has 0 radical (unpaired) electrons. The molecule has 1 heterocycles. The first-order chi connectivity index (χ1) is 12.0. The molecule has 0 unspecified atom stereocenters. The van der Waals surface area contributed by atoms with Crippen molar-refractivity contribution in [2.45, 2.75) is 13.3 Å². The van der Waals surface area contributed by atoms with Gasteiger partial charge in [-0.2, -0.15) is 0 Å². The van der Waals surface area contributed by atoms with Gasteiger partial charge in [-0.15, -0.1) is 0 Å². The summed E-state index contributed by atoms with van der Waals surface area (Å²) < 4.78 is 5.64. The van der Waals surface area contributed by atoms with Crippen molar-refractivity contribution in [3.63, 3.8) is 0 Å². The Morgan fingerprint density at radius 1 is 1.36 bits per heavy atom. The summed E-state index contributed by atoms with van der Waals surface area (Å²) in [6.45, 7) is 2.98. The van der Waals surface area contributed by atoms with E-state index in [0.717, 1.165) is 10.0 Å². The summed E-state index contributed by atoms with van der Waals surface area (Å²) in [6, 6.07) is 5.54. The summed E-state index contributed by atoms with van der Waals surface area (Å²) in [6.07, 6.45) is 0.675. The number of nitrogens with one attached hydrogen (secondary N) is 2. The smallest absolute Gasteiger partial charge is 0.202 e. The third-order valence-electron chi connectivity index (χ3n) is 3.14. The highest BCUT2D eigenvalue weighted by atomic mass is 79.9. The molecule has 11 heteroatoms. The molecule has 0 aliphatic carbocycles. The Kier molecular flexibility index (Phi) is 6.71. The molecule has 0 saturated carbocycles. The van der Waals surface area contributed by atoms with Crippen molar-refractivity contribution in [3.8, 4) is 0 Å². The molecule has 0 bridgehead atoms. The van der Waals surface area contributed by atoms with Gasteiger partial charge >= 0.3 is 0 Å². The number of rotatable bonds is 7. The van der Waals surface area contributed by atoms with E-state index in [0.29, 0.717) is 31.0 Å². The fourth-order valence-corrected chi connectivity index (χ4v) is 2.23. The fourth-order valence-electron chi connectivity index (χ4n) is 1.87. The second kappa shape index (κ2) is 8.99. The number of hydrogen-bond acceptors (Lipinski definition) is 7. The van der Waals surface area contributed by atoms with Gasteiger partial charge in [0.25, 0.3) is 0 Å². The largest absolute Gasteiger partial charge is 0.370 e. The summed E-state index contributed by atoms with van der Waals surface area (Å²) in [5, 5.41) is 20.0. The first-order valence-corrected chi connectivity index (χ1v) is 8.17. The summed E-state index contributed by atoms with van der Waals surface area (Å²) in [7, 11) is 0. The lowest BCUT2D eigenvalue weighted by atomic mass is 10.2. The molecule has 0 amide bonds. The van der Waals surface area contributed by atoms with E-state index in [2.05, 4.69) is 41.5 Å². The maximum atomic E-state index is 9.40. The van der Waals surface area contributed by atoms with E-state index < -0.39 is 0 Å². The molecule has 0 saturated heterocycles. The van der Waals surface area contributed by atoms with Crippen molar-refractivity contribution < 1.29 is 9.84 Å². The number of guanidine groups is 1. The number of benzene rings is 1. The van der Waals surface area contributed by atoms with Crippen molar-refractivity contribution >= 4 is 39.2 Å². The third kappa shape index (κ3) is 5.43. The number of halogens is 1. The fraction of sp³-hybridized carbons (Fsp3) is 0.286. The lowest BCUT2D eigenvalue weighted by Gasteiger charge is -2.06. The molecular weight excluding hydrogens is 392 g/mol. The zero-order valence-electron chi connectivity index (χ0n) is 13.5. The predicted octanol–water partition coefficient (Wildman–Crippen LogP) is 1.27. The Bertz CT molecular complexity index is 770. The molecule has 0 atom stereocenters. The second-order valence-corrected chi connectivity index (χ2v) is 5.91. The van der Waals surface area contributed by atoms with Gasteiger partial charge in [0.2, 0.25) is 5.82 Å². The van der Waals surface area contributed by atoms with Crippen LogP contribution in [-0.4, -0.2) is 40.4 Å². The molecular formula is C14H19BrN8O2. The summed E-state index contributed by atoms with van der Waals surface area (Å²) in [5.74, 6) is 0.492. The molecule has 134 valence electrons. The third-order valence-corrected chi connectivity index (χ3v) is 3.99. The quantitative estimate of drug-likeness (QED) is 0.197. The Morgan fingerprint density at radius 2 is 2.16 bits per heavy atom. The maximum absolute atomic E-state index is 9.40. The average Bonchev–Trinajstić information content (AvgIpc) is 3.03. The number of amidine groups is 1. The van der Waals surface area contributed by atoms with Crippen LogP contribution in [0.3, 0.4) is 0 Å². The van der Waals surface area contributed by atoms with E-state index in [4.69, 9.17) is 16.1 Å². The number of nitrogens with two attached hydrogens (primary N) is 2. The van der Waals surface area contributed by atoms with Gasteiger partial charge in [-0.1, -0.05) is 22.0 Å². The van der Waals surface area contributed by atoms with Crippen molar-refractivity contribution in [3.05, 3.63) is 33.9 Å². The highest BCUT2D eigenvalue weighted by Crippen LogP contribution is 2.23. The molecule has 0 aliphatic heterocycles. The number of aromatic nitrogens is 2. The van der Waals surface area contributed by atoms with E-state index in [1.54, 1.807) is 0 Å². The van der Waals surface area contributed by atoms with Crippen molar-refractivity contribution in [2.24, 2.45) is 21.5 Å². The Balaban J connectivity index is 2.10. The van der Waals surface area contributed by atoms with E-state index >= 15 is 0 Å². The number of anilines is 1. The van der Waals surface area contributed by atoms with Gasteiger partial charge in [0.05, 0.1) is 5.69 Å². The molecule has 1 aromatic carbocycles. The van der Waals surface area contributed by atoms with Crippen LogP contribution in [0.4, 0.5) is 11.5 Å². The van der Waals surface area contributed by atoms with Crippen LogP contribution in [-0.2, 0) is 0 Å². The average molecular weight is 411 g/mol. The summed E-state index contributed by atoms with van der Waals surface area (Å²) >= 11 is 3.44. The van der Waals surface area contributed by atoms with E-state index in [-0.39, 0.29) is 17.5 Å². The topological polar surface area (TPSA) is 160 Å². The molecule has 0 aliphatic rings. The van der Waals surface area contributed by atoms with E-state index in [9.17, 15) is 5.21 Å². The van der Waals surface area contributed by atoms with Gasteiger partial charge in [-0.3, -0.25) is 15.7 Å². The number of aryl methyl sites for hydroxylation is 1. The molecule has 2 rings (SSSR count). The van der Waals surface area contributed by atoms with Crippen LogP contribution in [0.15, 0.2) is 37.3 Å². The Hall–Kier alpha value is -2.66. The second-order valence-electron chi connectivity index (χ2n) is 5.05. The molecule has 7 N–H and O–H groups in total. The lowest BCUT2D eigenvalue weighted by molar-refractivity contribution is 0.234. The number of aliphatic imine (C=N–C) groups is 2. The van der Waals surface area contributed by atoms with Gasteiger partial charge in [0.1, 0.15) is 0 Å². The zero-order valence-corrected chi connectivity index (χ0v) is 15.1. The molecule has 25 heavy (non-hydrogen) atoms. The first kappa shape index (κ1) is 18.7. The Morgan fingerprint density at radius 3 is 2.84 bits per heavy atom. The predicted molar refractivity (Wildman–Crippen MR) is 98.1 cm³/mol. The normalized spacial score (nSPS) is 11.2. The number of hydroxylamine groups is 1. The van der Waals surface area contributed by atoms with Crippen LogP contribution in [0.1, 0.15) is 17.7 Å². The van der Waals surface area contributed by atoms with Crippen LogP contribution in [0.2, 0.25) is 0 Å². The zero-order chi connectivity index (χ0) is 18.2. The van der Waals surface area contributed by atoms with E-state index in [1.165, 1.54) is 0 Å². The molecule has 0 fully saturated rings. The summed E-state index contributed by atoms with van der Waals surface area (Å²) in [4.78, 5) is 8.20. The molecule has 2 aromatic rings. The SMILES string of the molecule is Cc1ccc(N=C(NO)c2nonc2NCCCN=C(N)N)cc1Br. The first-order valence-electron chi connectivity index (χ1n) is 7.38. The lowest BCUT2D eigenvalue weighted by Crippen LogP contribution is -2.23. The van der Waals surface area contributed by atoms with Gasteiger partial charge in [0.15, 0.2) is 17.5 Å². The summed E-state index contributed by atoms with van der Waals surface area (Å²) in [5.41, 5.74) is 14.5. The van der Waals surface area contributed by atoms with Crippen molar-refractivity contribution in [1.29, 1.82) is 0 Å². The highest BCUT2D eigenvalue weighted by molar-refractivity contribution is 9.10. The minimum absolute atomic E-state index is 0.0481. The number of hydrogen-bond donors (Lipinski definition) is 5. The van der Waals surface area contributed by atoms with Gasteiger partial charge in [0, 0.05) is 17.6 Å². The standard InChI is InChI=1S/C14H19BrN8O2/c1-8-3-4-9(7-10(8)15)20-13(21-24)11-12(23-25-22-11)18-5-2-6-19-14(16)17/h3-4,7,24H,2,5-6H2,1H3,(H,18,23)(H,20,21)(H4,16,17,19). The van der Waals surface area contributed by atoms with Crippen LogP contribution in [0.5, 0.6) is 0 Å². The maximum Gasteiger partial charge on any atom is 0.202 e. The monoisotopic (exact) mass is 410 g/mol. The highest BCUT2D eigenvalue weighted by Gasteiger charge is 2.16. The minimum atomic E-state index is 0.0481.